The van der Waals surface area contributed by atoms with Crippen LogP contribution in [0, 0.1) is 13.8 Å². The number of carbonyl (C=O) groups excluding carboxylic acids is 2. The van der Waals surface area contributed by atoms with Crippen molar-refractivity contribution in [3.8, 4) is 0 Å². The topological polar surface area (TPSA) is 67.2 Å². The van der Waals surface area contributed by atoms with Crippen LogP contribution in [0.1, 0.15) is 51.3 Å². The lowest BCUT2D eigenvalue weighted by molar-refractivity contribution is -0.128. The Morgan fingerprint density at radius 3 is 2.23 bits per heavy atom. The van der Waals surface area contributed by atoms with Crippen LogP contribution in [0.3, 0.4) is 0 Å². The fraction of sp³-hybridized carbons (Fsp3) is 0.320. The van der Waals surface area contributed by atoms with Gasteiger partial charge in [-0.25, -0.2) is 0 Å². The van der Waals surface area contributed by atoms with Crippen LogP contribution in [0.15, 0.2) is 54.6 Å². The summed E-state index contributed by atoms with van der Waals surface area (Å²) in [7, 11) is 0. The molecular weight excluding hydrogens is 388 g/mol. The lowest BCUT2D eigenvalue weighted by Crippen LogP contribution is -2.24. The van der Waals surface area contributed by atoms with Gasteiger partial charge in [-0.05, 0) is 55.2 Å². The predicted octanol–water partition coefficient (Wildman–Crippen LogP) is 3.60. The molecule has 4 rings (SSSR count). The molecule has 0 spiro atoms. The molecule has 160 valence electrons. The maximum Gasteiger partial charge on any atom is 0.251 e. The van der Waals surface area contributed by atoms with Gasteiger partial charge in [0.15, 0.2) is 0 Å². The number of carbonyl (C=O) groups is 2. The molecule has 2 aromatic carbocycles. The van der Waals surface area contributed by atoms with E-state index in [1.807, 2.05) is 72.0 Å². The van der Waals surface area contributed by atoms with E-state index in [1.165, 1.54) is 0 Å². The zero-order valence-electron chi connectivity index (χ0n) is 18.1. The van der Waals surface area contributed by atoms with Crippen molar-refractivity contribution in [3.05, 3.63) is 88.2 Å². The lowest BCUT2D eigenvalue weighted by Gasteiger charge is -2.15. The van der Waals surface area contributed by atoms with Crippen molar-refractivity contribution >= 4 is 11.8 Å². The Labute approximate surface area is 182 Å². The van der Waals surface area contributed by atoms with Gasteiger partial charge in [0, 0.05) is 37.3 Å². The molecule has 0 saturated carbocycles. The smallest absolute Gasteiger partial charge is 0.251 e. The second kappa shape index (κ2) is 9.16. The predicted molar refractivity (Wildman–Crippen MR) is 120 cm³/mol. The number of hydrogen-bond acceptors (Lipinski definition) is 3. The van der Waals surface area contributed by atoms with E-state index >= 15 is 0 Å². The van der Waals surface area contributed by atoms with E-state index < -0.39 is 0 Å². The summed E-state index contributed by atoms with van der Waals surface area (Å²) in [6.07, 6.45) is 1.61. The van der Waals surface area contributed by atoms with E-state index in [1.54, 1.807) is 0 Å². The standard InChI is InChI=1S/C25H28N4O2/c1-18-14-19(2)29(27-18)17-22-9-11-23(12-10-22)25(31)26-15-20-5-7-21(8-6-20)16-28-13-3-4-24(28)30/h5-12,14H,3-4,13,15-17H2,1-2H3,(H,26,31). The summed E-state index contributed by atoms with van der Waals surface area (Å²) in [4.78, 5) is 26.2. The maximum absolute atomic E-state index is 12.5. The average molecular weight is 417 g/mol. The van der Waals surface area contributed by atoms with Gasteiger partial charge in [0.2, 0.25) is 5.91 Å². The van der Waals surface area contributed by atoms with Crippen LogP contribution < -0.4 is 5.32 Å². The fourth-order valence-electron chi connectivity index (χ4n) is 3.91. The number of nitrogens with one attached hydrogen (secondary N) is 1. The van der Waals surface area contributed by atoms with E-state index in [0.717, 1.165) is 41.0 Å². The molecule has 31 heavy (non-hydrogen) atoms. The second-order valence-corrected chi connectivity index (χ2v) is 8.20. The van der Waals surface area contributed by atoms with Gasteiger partial charge in [-0.2, -0.15) is 5.10 Å². The molecule has 1 N–H and O–H groups in total. The molecule has 0 unspecified atom stereocenters. The molecule has 1 fully saturated rings. The summed E-state index contributed by atoms with van der Waals surface area (Å²) < 4.78 is 1.97. The molecule has 2 heterocycles. The highest BCUT2D eigenvalue weighted by atomic mass is 16.2. The van der Waals surface area contributed by atoms with E-state index in [9.17, 15) is 9.59 Å². The molecule has 1 aliphatic heterocycles. The highest BCUT2D eigenvalue weighted by Crippen LogP contribution is 2.15. The van der Waals surface area contributed by atoms with Crippen molar-refractivity contribution in [2.24, 2.45) is 0 Å². The minimum atomic E-state index is -0.0931. The van der Waals surface area contributed by atoms with Crippen molar-refractivity contribution < 1.29 is 9.59 Å². The first kappa shape index (κ1) is 20.8. The van der Waals surface area contributed by atoms with Crippen LogP contribution >= 0.6 is 0 Å². The van der Waals surface area contributed by atoms with Crippen LogP contribution in [-0.2, 0) is 24.4 Å². The van der Waals surface area contributed by atoms with Gasteiger partial charge in [0.1, 0.15) is 0 Å². The van der Waals surface area contributed by atoms with Gasteiger partial charge >= 0.3 is 0 Å². The second-order valence-electron chi connectivity index (χ2n) is 8.20. The highest BCUT2D eigenvalue weighted by molar-refractivity contribution is 5.94. The van der Waals surface area contributed by atoms with Crippen molar-refractivity contribution in [2.75, 3.05) is 6.54 Å². The van der Waals surface area contributed by atoms with Gasteiger partial charge < -0.3 is 10.2 Å². The molecular formula is C25H28N4O2. The first-order valence-electron chi connectivity index (χ1n) is 10.7. The van der Waals surface area contributed by atoms with Crippen molar-refractivity contribution in [1.82, 2.24) is 20.0 Å². The van der Waals surface area contributed by atoms with E-state index in [2.05, 4.69) is 16.5 Å². The van der Waals surface area contributed by atoms with Crippen molar-refractivity contribution in [2.45, 2.75) is 46.3 Å². The molecule has 6 heteroatoms. The SMILES string of the molecule is Cc1cc(C)n(Cc2ccc(C(=O)NCc3ccc(CN4CCCC4=O)cc3)cc2)n1. The third-order valence-corrected chi connectivity index (χ3v) is 5.67. The largest absolute Gasteiger partial charge is 0.348 e. The van der Waals surface area contributed by atoms with Crippen molar-refractivity contribution in [1.29, 1.82) is 0 Å². The Bertz CT molecular complexity index is 1070. The quantitative estimate of drug-likeness (QED) is 0.640. The van der Waals surface area contributed by atoms with Crippen LogP contribution in [0.5, 0.6) is 0 Å². The number of nitrogens with zero attached hydrogens (tertiary/aromatic N) is 3. The number of likely N-dealkylation sites (tertiary alicyclic amines) is 1. The Kier molecular flexibility index (Phi) is 6.16. The summed E-state index contributed by atoms with van der Waals surface area (Å²) in [5.74, 6) is 0.140. The average Bonchev–Trinajstić information content (AvgIpc) is 3.31. The molecule has 1 saturated heterocycles. The minimum Gasteiger partial charge on any atom is -0.348 e. The maximum atomic E-state index is 12.5. The molecule has 2 amide bonds. The number of aryl methyl sites for hydroxylation is 2. The highest BCUT2D eigenvalue weighted by Gasteiger charge is 2.19. The summed E-state index contributed by atoms with van der Waals surface area (Å²) in [6.45, 7) is 6.69. The molecule has 3 aromatic rings. The Morgan fingerprint density at radius 2 is 1.61 bits per heavy atom. The minimum absolute atomic E-state index is 0.0931. The molecule has 0 bridgehead atoms. The van der Waals surface area contributed by atoms with Crippen LogP contribution in [0.2, 0.25) is 0 Å². The normalized spacial score (nSPS) is 13.6. The zero-order chi connectivity index (χ0) is 21.8. The zero-order valence-corrected chi connectivity index (χ0v) is 18.1. The fourth-order valence-corrected chi connectivity index (χ4v) is 3.91. The lowest BCUT2D eigenvalue weighted by atomic mass is 10.1. The monoisotopic (exact) mass is 416 g/mol. The van der Waals surface area contributed by atoms with Gasteiger partial charge in [0.25, 0.3) is 5.91 Å². The number of hydrogen-bond donors (Lipinski definition) is 1. The number of benzene rings is 2. The summed E-state index contributed by atoms with van der Waals surface area (Å²) in [5.41, 5.74) is 6.02. The first-order valence-corrected chi connectivity index (χ1v) is 10.7. The molecule has 1 aliphatic rings. The van der Waals surface area contributed by atoms with Gasteiger partial charge in [0.05, 0.1) is 12.2 Å². The summed E-state index contributed by atoms with van der Waals surface area (Å²) >= 11 is 0. The van der Waals surface area contributed by atoms with Crippen molar-refractivity contribution in [3.63, 3.8) is 0 Å². The summed E-state index contributed by atoms with van der Waals surface area (Å²) in [5, 5.41) is 7.46. The van der Waals surface area contributed by atoms with Crippen LogP contribution in [0.4, 0.5) is 0 Å². The molecule has 1 aromatic heterocycles. The molecule has 0 atom stereocenters. The third-order valence-electron chi connectivity index (χ3n) is 5.67. The molecule has 0 aliphatic carbocycles. The Morgan fingerprint density at radius 1 is 0.968 bits per heavy atom. The van der Waals surface area contributed by atoms with E-state index in [-0.39, 0.29) is 11.8 Å². The first-order chi connectivity index (χ1) is 15.0. The van der Waals surface area contributed by atoms with Gasteiger partial charge in [-0.3, -0.25) is 14.3 Å². The molecule has 6 nitrogen and oxygen atoms in total. The van der Waals surface area contributed by atoms with Crippen LogP contribution in [0.25, 0.3) is 0 Å². The third kappa shape index (κ3) is 5.20. The number of amides is 2. The van der Waals surface area contributed by atoms with E-state index in [0.29, 0.717) is 31.6 Å². The summed E-state index contributed by atoms with van der Waals surface area (Å²) in [6, 6.07) is 17.8. The number of aromatic nitrogens is 2. The number of rotatable bonds is 7. The Hall–Kier alpha value is -3.41. The van der Waals surface area contributed by atoms with Gasteiger partial charge in [-0.15, -0.1) is 0 Å². The molecule has 0 radical (unpaired) electrons. The van der Waals surface area contributed by atoms with Gasteiger partial charge in [-0.1, -0.05) is 36.4 Å². The Balaban J connectivity index is 1.29. The van der Waals surface area contributed by atoms with Crippen LogP contribution in [-0.4, -0.2) is 33.0 Å². The van der Waals surface area contributed by atoms with E-state index in [4.69, 9.17) is 0 Å².